The van der Waals surface area contributed by atoms with Crippen molar-refractivity contribution in [1.82, 2.24) is 4.90 Å². The summed E-state index contributed by atoms with van der Waals surface area (Å²) in [7, 11) is 0. The molecule has 1 N–H and O–H groups in total. The summed E-state index contributed by atoms with van der Waals surface area (Å²) in [6, 6.07) is 0.951. The first-order valence-electron chi connectivity index (χ1n) is 7.50. The van der Waals surface area contributed by atoms with Crippen LogP contribution < -0.4 is 0 Å². The van der Waals surface area contributed by atoms with E-state index < -0.39 is 0 Å². The van der Waals surface area contributed by atoms with Crippen LogP contribution in [0, 0.1) is 5.92 Å². The summed E-state index contributed by atoms with van der Waals surface area (Å²) in [5.74, 6) is 0.774. The highest BCUT2D eigenvalue weighted by Crippen LogP contribution is 2.29. The van der Waals surface area contributed by atoms with Gasteiger partial charge in [-0.05, 0) is 52.0 Å². The van der Waals surface area contributed by atoms with Crippen LogP contribution in [0.4, 0.5) is 0 Å². The van der Waals surface area contributed by atoms with Crippen LogP contribution >= 0.6 is 0 Å². The minimum atomic E-state index is -0.102. The molecule has 0 spiro atoms. The molecule has 1 rings (SSSR count). The van der Waals surface area contributed by atoms with Crippen molar-refractivity contribution in [1.29, 1.82) is 0 Å². The Bertz CT molecular complexity index is 205. The lowest BCUT2D eigenvalue weighted by atomic mass is 9.83. The molecule has 1 fully saturated rings. The zero-order chi connectivity index (χ0) is 12.8. The highest BCUT2D eigenvalue weighted by molar-refractivity contribution is 4.87. The SMILES string of the molecule is CCCCCN(C(C)C)C1CC(C)CCC1O. The van der Waals surface area contributed by atoms with Crippen molar-refractivity contribution in [3.63, 3.8) is 0 Å². The summed E-state index contributed by atoms with van der Waals surface area (Å²) in [6.07, 6.45) is 7.10. The molecule has 2 heteroatoms. The van der Waals surface area contributed by atoms with E-state index in [9.17, 15) is 5.11 Å². The average Bonchev–Trinajstić information content (AvgIpc) is 2.28. The highest BCUT2D eigenvalue weighted by atomic mass is 16.3. The van der Waals surface area contributed by atoms with Gasteiger partial charge in [-0.3, -0.25) is 4.90 Å². The van der Waals surface area contributed by atoms with Crippen molar-refractivity contribution in [2.45, 2.75) is 84.4 Å². The molecule has 0 aromatic rings. The quantitative estimate of drug-likeness (QED) is 0.720. The summed E-state index contributed by atoms with van der Waals surface area (Å²) in [4.78, 5) is 2.54. The van der Waals surface area contributed by atoms with Crippen molar-refractivity contribution in [3.05, 3.63) is 0 Å². The Hall–Kier alpha value is -0.0800. The predicted molar refractivity (Wildman–Crippen MR) is 74.2 cm³/mol. The van der Waals surface area contributed by atoms with Gasteiger partial charge in [-0.25, -0.2) is 0 Å². The van der Waals surface area contributed by atoms with Gasteiger partial charge in [-0.2, -0.15) is 0 Å². The van der Waals surface area contributed by atoms with E-state index in [1.54, 1.807) is 0 Å². The van der Waals surface area contributed by atoms with E-state index in [4.69, 9.17) is 0 Å². The lowest BCUT2D eigenvalue weighted by Crippen LogP contribution is -2.50. The third kappa shape index (κ3) is 4.59. The molecular weight excluding hydrogens is 210 g/mol. The van der Waals surface area contributed by atoms with Crippen molar-refractivity contribution in [2.75, 3.05) is 6.54 Å². The molecule has 1 saturated carbocycles. The maximum absolute atomic E-state index is 10.2. The second kappa shape index (κ2) is 7.38. The van der Waals surface area contributed by atoms with Crippen LogP contribution in [-0.2, 0) is 0 Å². The van der Waals surface area contributed by atoms with Gasteiger partial charge in [0.1, 0.15) is 0 Å². The second-order valence-electron chi connectivity index (χ2n) is 6.09. The number of aliphatic hydroxyl groups is 1. The number of hydrogen-bond acceptors (Lipinski definition) is 2. The van der Waals surface area contributed by atoms with Crippen LogP contribution in [0.2, 0.25) is 0 Å². The molecule has 102 valence electrons. The first-order valence-corrected chi connectivity index (χ1v) is 7.50. The fraction of sp³-hybridized carbons (Fsp3) is 1.00. The molecule has 17 heavy (non-hydrogen) atoms. The fourth-order valence-corrected chi connectivity index (χ4v) is 3.04. The van der Waals surface area contributed by atoms with Crippen molar-refractivity contribution in [2.24, 2.45) is 5.92 Å². The summed E-state index contributed by atoms with van der Waals surface area (Å²) >= 11 is 0. The lowest BCUT2D eigenvalue weighted by molar-refractivity contribution is -0.00882. The maximum Gasteiger partial charge on any atom is 0.0695 e. The van der Waals surface area contributed by atoms with Crippen LogP contribution in [-0.4, -0.2) is 34.7 Å². The molecule has 0 heterocycles. The van der Waals surface area contributed by atoms with E-state index in [0.717, 1.165) is 18.9 Å². The molecule has 1 aliphatic rings. The summed E-state index contributed by atoms with van der Waals surface area (Å²) in [6.45, 7) is 10.2. The zero-order valence-corrected chi connectivity index (χ0v) is 12.2. The summed E-state index contributed by atoms with van der Waals surface area (Å²) < 4.78 is 0. The topological polar surface area (TPSA) is 23.5 Å². The summed E-state index contributed by atoms with van der Waals surface area (Å²) in [5.41, 5.74) is 0. The Morgan fingerprint density at radius 3 is 2.53 bits per heavy atom. The van der Waals surface area contributed by atoms with Crippen molar-refractivity contribution < 1.29 is 5.11 Å². The minimum absolute atomic E-state index is 0.102. The van der Waals surface area contributed by atoms with Gasteiger partial charge < -0.3 is 5.11 Å². The first-order chi connectivity index (χ1) is 8.06. The molecule has 3 unspecified atom stereocenters. The number of nitrogens with zero attached hydrogens (tertiary/aromatic N) is 1. The average molecular weight is 241 g/mol. The summed E-state index contributed by atoms with van der Waals surface area (Å²) in [5, 5.41) is 10.2. The van der Waals surface area contributed by atoms with E-state index in [1.165, 1.54) is 32.1 Å². The van der Waals surface area contributed by atoms with Gasteiger partial charge >= 0.3 is 0 Å². The molecule has 0 bridgehead atoms. The molecule has 0 radical (unpaired) electrons. The largest absolute Gasteiger partial charge is 0.391 e. The smallest absolute Gasteiger partial charge is 0.0695 e. The third-order valence-electron chi connectivity index (χ3n) is 4.15. The van der Waals surface area contributed by atoms with Crippen LogP contribution in [0.1, 0.15) is 66.2 Å². The van der Waals surface area contributed by atoms with Gasteiger partial charge in [0, 0.05) is 12.1 Å². The number of aliphatic hydroxyl groups excluding tert-OH is 1. The molecule has 0 aromatic carbocycles. The van der Waals surface area contributed by atoms with Gasteiger partial charge in [0.25, 0.3) is 0 Å². The van der Waals surface area contributed by atoms with E-state index in [-0.39, 0.29) is 6.10 Å². The van der Waals surface area contributed by atoms with Gasteiger partial charge in [0.15, 0.2) is 0 Å². The first kappa shape index (κ1) is 15.0. The molecule has 0 aliphatic heterocycles. The zero-order valence-electron chi connectivity index (χ0n) is 12.2. The number of rotatable bonds is 6. The van der Waals surface area contributed by atoms with Gasteiger partial charge in [0.05, 0.1) is 6.10 Å². The second-order valence-corrected chi connectivity index (χ2v) is 6.09. The Kier molecular flexibility index (Phi) is 6.50. The molecular formula is C15H31NO. The van der Waals surface area contributed by atoms with Crippen LogP contribution in [0.5, 0.6) is 0 Å². The van der Waals surface area contributed by atoms with Crippen molar-refractivity contribution >= 4 is 0 Å². The fourth-order valence-electron chi connectivity index (χ4n) is 3.04. The van der Waals surface area contributed by atoms with Crippen LogP contribution in [0.25, 0.3) is 0 Å². The molecule has 1 aliphatic carbocycles. The Labute approximate surface area is 107 Å². The molecule has 2 nitrogen and oxygen atoms in total. The molecule has 0 amide bonds. The lowest BCUT2D eigenvalue weighted by Gasteiger charge is -2.42. The Morgan fingerprint density at radius 1 is 1.24 bits per heavy atom. The standard InChI is InChI=1S/C15H31NO/c1-5-6-7-10-16(12(2)3)14-11-13(4)8-9-15(14)17/h12-15,17H,5-11H2,1-4H3. The van der Waals surface area contributed by atoms with Gasteiger partial charge in [-0.1, -0.05) is 26.7 Å². The number of hydrogen-bond donors (Lipinski definition) is 1. The molecule has 0 saturated heterocycles. The van der Waals surface area contributed by atoms with Gasteiger partial charge in [-0.15, -0.1) is 0 Å². The monoisotopic (exact) mass is 241 g/mol. The van der Waals surface area contributed by atoms with Crippen molar-refractivity contribution in [3.8, 4) is 0 Å². The minimum Gasteiger partial charge on any atom is -0.391 e. The Morgan fingerprint density at radius 2 is 1.94 bits per heavy atom. The van der Waals surface area contributed by atoms with Crippen LogP contribution in [0.3, 0.4) is 0 Å². The number of unbranched alkanes of at least 4 members (excludes halogenated alkanes) is 2. The van der Waals surface area contributed by atoms with Crippen LogP contribution in [0.15, 0.2) is 0 Å². The predicted octanol–water partition coefficient (Wildman–Crippen LogP) is 3.44. The highest BCUT2D eigenvalue weighted by Gasteiger charge is 2.32. The third-order valence-corrected chi connectivity index (χ3v) is 4.15. The van der Waals surface area contributed by atoms with E-state index in [0.29, 0.717) is 12.1 Å². The van der Waals surface area contributed by atoms with E-state index in [2.05, 4.69) is 32.6 Å². The van der Waals surface area contributed by atoms with E-state index in [1.807, 2.05) is 0 Å². The van der Waals surface area contributed by atoms with E-state index >= 15 is 0 Å². The maximum atomic E-state index is 10.2. The Balaban J connectivity index is 2.54. The molecule has 0 aromatic heterocycles. The molecule has 3 atom stereocenters. The van der Waals surface area contributed by atoms with Gasteiger partial charge in [0.2, 0.25) is 0 Å². The normalized spacial score (nSPS) is 30.2.